The number of hydrogen-bond donors (Lipinski definition) is 2. The first-order valence-corrected chi connectivity index (χ1v) is 8.70. The molecule has 1 aliphatic rings. The lowest BCUT2D eigenvalue weighted by atomic mass is 10.0. The summed E-state index contributed by atoms with van der Waals surface area (Å²) in [6.07, 6.45) is 11.0. The van der Waals surface area contributed by atoms with Crippen LogP contribution in [0.5, 0.6) is 0 Å². The molecular weight excluding hydrogens is 423 g/mol. The van der Waals surface area contributed by atoms with Crippen molar-refractivity contribution in [3.8, 4) is 0 Å². The van der Waals surface area contributed by atoms with Crippen molar-refractivity contribution in [2.45, 2.75) is 44.9 Å². The fourth-order valence-corrected chi connectivity index (χ4v) is 3.11. The number of aromatic nitrogens is 1. The third-order valence-electron chi connectivity index (χ3n) is 4.27. The number of aliphatic imine (C=N–C) groups is 1. The molecule has 0 radical (unpaired) electrons. The highest BCUT2D eigenvalue weighted by Crippen LogP contribution is 2.28. The fraction of sp³-hybridized carbons (Fsp3) is 0.647. The molecule has 0 aliphatic heterocycles. The summed E-state index contributed by atoms with van der Waals surface area (Å²) in [7, 11) is 1.82. The first-order valence-electron chi connectivity index (χ1n) is 8.33. The van der Waals surface area contributed by atoms with Gasteiger partial charge < -0.3 is 10.6 Å². The normalized spacial score (nSPS) is 15.3. The third-order valence-corrected chi connectivity index (χ3v) is 4.50. The van der Waals surface area contributed by atoms with E-state index in [1.807, 2.05) is 25.4 Å². The summed E-state index contributed by atoms with van der Waals surface area (Å²) in [5, 5.41) is 7.27. The summed E-state index contributed by atoms with van der Waals surface area (Å²) in [5.74, 6) is 1.85. The molecule has 0 spiro atoms. The van der Waals surface area contributed by atoms with E-state index in [0.717, 1.165) is 31.4 Å². The zero-order valence-corrected chi connectivity index (χ0v) is 16.9. The van der Waals surface area contributed by atoms with E-state index < -0.39 is 0 Å². The van der Waals surface area contributed by atoms with Gasteiger partial charge in [0.25, 0.3) is 0 Å². The lowest BCUT2D eigenvalue weighted by molar-refractivity contribution is 0.481. The van der Waals surface area contributed by atoms with Gasteiger partial charge in [-0.2, -0.15) is 0 Å². The smallest absolute Gasteiger partial charge is 0.190 e. The lowest BCUT2D eigenvalue weighted by Crippen LogP contribution is -2.38. The molecule has 1 aromatic heterocycles. The van der Waals surface area contributed by atoms with Crippen molar-refractivity contribution >= 4 is 41.5 Å². The van der Waals surface area contributed by atoms with Crippen molar-refractivity contribution < 1.29 is 0 Å². The van der Waals surface area contributed by atoms with Gasteiger partial charge in [-0.25, -0.2) is 4.98 Å². The Morgan fingerprint density at radius 2 is 2.00 bits per heavy atom. The van der Waals surface area contributed by atoms with Gasteiger partial charge in [0.05, 0.1) is 0 Å². The van der Waals surface area contributed by atoms with Crippen molar-refractivity contribution in [1.82, 2.24) is 15.6 Å². The van der Waals surface area contributed by atoms with Crippen LogP contribution in [0.1, 0.15) is 44.1 Å². The van der Waals surface area contributed by atoms with Gasteiger partial charge in [0.2, 0.25) is 0 Å². The van der Waals surface area contributed by atoms with E-state index in [9.17, 15) is 0 Å². The Morgan fingerprint density at radius 1 is 1.26 bits per heavy atom. The average Bonchev–Trinajstić information content (AvgIpc) is 3.05. The first kappa shape index (κ1) is 20.5. The molecule has 1 heterocycles. The van der Waals surface area contributed by atoms with Crippen LogP contribution in [0.25, 0.3) is 0 Å². The van der Waals surface area contributed by atoms with Gasteiger partial charge >= 0.3 is 0 Å². The molecule has 0 unspecified atom stereocenters. The molecule has 2 N–H and O–H groups in total. The number of hydrogen-bond acceptors (Lipinski definition) is 2. The zero-order valence-electron chi connectivity index (χ0n) is 13.9. The van der Waals surface area contributed by atoms with Gasteiger partial charge in [0.15, 0.2) is 5.96 Å². The Kier molecular flexibility index (Phi) is 10.6. The molecule has 130 valence electrons. The molecule has 0 atom stereocenters. The molecular formula is C17H28ClIN4. The van der Waals surface area contributed by atoms with Crippen molar-refractivity contribution in [3.63, 3.8) is 0 Å². The van der Waals surface area contributed by atoms with Crippen molar-refractivity contribution in [3.05, 3.63) is 29.0 Å². The Hall–Kier alpha value is -0.560. The maximum Gasteiger partial charge on any atom is 0.190 e. The van der Waals surface area contributed by atoms with E-state index in [-0.39, 0.29) is 24.0 Å². The SMILES string of the molecule is CN=C(NCCCC1CCCC1)NCCc1ccc(Cl)nc1.I. The maximum atomic E-state index is 5.78. The average molecular weight is 451 g/mol. The van der Waals surface area contributed by atoms with E-state index in [1.54, 1.807) is 0 Å². The Labute approximate surface area is 161 Å². The zero-order chi connectivity index (χ0) is 15.6. The van der Waals surface area contributed by atoms with E-state index in [1.165, 1.54) is 44.1 Å². The Morgan fingerprint density at radius 3 is 2.65 bits per heavy atom. The third kappa shape index (κ3) is 8.20. The molecule has 6 heteroatoms. The number of pyridine rings is 1. The summed E-state index contributed by atoms with van der Waals surface area (Å²) in [5.41, 5.74) is 1.17. The summed E-state index contributed by atoms with van der Waals surface area (Å²) in [6.45, 7) is 1.84. The minimum atomic E-state index is 0. The van der Waals surface area contributed by atoms with Gasteiger partial charge in [-0.1, -0.05) is 43.4 Å². The molecule has 0 amide bonds. The van der Waals surface area contributed by atoms with Crippen LogP contribution in [0.2, 0.25) is 5.15 Å². The van der Waals surface area contributed by atoms with E-state index in [2.05, 4.69) is 20.6 Å². The molecule has 1 fully saturated rings. The van der Waals surface area contributed by atoms with Crippen LogP contribution in [0.15, 0.2) is 23.3 Å². The van der Waals surface area contributed by atoms with Gasteiger partial charge in [-0.15, -0.1) is 24.0 Å². The number of nitrogens with one attached hydrogen (secondary N) is 2. The summed E-state index contributed by atoms with van der Waals surface area (Å²) >= 11 is 5.78. The predicted octanol–water partition coefficient (Wildman–Crippen LogP) is 4.03. The Balaban J connectivity index is 0.00000264. The van der Waals surface area contributed by atoms with Crippen molar-refractivity contribution in [1.29, 1.82) is 0 Å². The second-order valence-corrected chi connectivity index (χ2v) is 6.34. The molecule has 0 bridgehead atoms. The minimum absolute atomic E-state index is 0. The molecule has 0 saturated heterocycles. The molecule has 1 aromatic rings. The number of nitrogens with zero attached hydrogens (tertiary/aromatic N) is 2. The predicted molar refractivity (Wildman–Crippen MR) is 109 cm³/mol. The van der Waals surface area contributed by atoms with Crippen LogP contribution in [0, 0.1) is 5.92 Å². The number of rotatable bonds is 7. The highest BCUT2D eigenvalue weighted by molar-refractivity contribution is 14.0. The maximum absolute atomic E-state index is 5.78. The molecule has 1 saturated carbocycles. The Bertz CT molecular complexity index is 458. The van der Waals surface area contributed by atoms with Gasteiger partial charge in [0, 0.05) is 26.3 Å². The second-order valence-electron chi connectivity index (χ2n) is 5.96. The minimum Gasteiger partial charge on any atom is -0.356 e. The van der Waals surface area contributed by atoms with Gasteiger partial charge in [-0.3, -0.25) is 4.99 Å². The monoisotopic (exact) mass is 450 g/mol. The number of halogens is 2. The molecule has 0 aromatic carbocycles. The van der Waals surface area contributed by atoms with Crippen molar-refractivity contribution in [2.75, 3.05) is 20.1 Å². The summed E-state index contributed by atoms with van der Waals surface area (Å²) in [6, 6.07) is 3.84. The highest BCUT2D eigenvalue weighted by Gasteiger charge is 2.13. The summed E-state index contributed by atoms with van der Waals surface area (Å²) < 4.78 is 0. The first-order chi connectivity index (χ1) is 10.8. The molecule has 2 rings (SSSR count). The molecule has 23 heavy (non-hydrogen) atoms. The van der Waals surface area contributed by atoms with E-state index in [0.29, 0.717) is 5.15 Å². The highest BCUT2D eigenvalue weighted by atomic mass is 127. The van der Waals surface area contributed by atoms with Crippen molar-refractivity contribution in [2.24, 2.45) is 10.9 Å². The van der Waals surface area contributed by atoms with Crippen LogP contribution >= 0.6 is 35.6 Å². The fourth-order valence-electron chi connectivity index (χ4n) is 3.00. The van der Waals surface area contributed by atoms with Crippen LogP contribution in [0.4, 0.5) is 0 Å². The van der Waals surface area contributed by atoms with Crippen LogP contribution in [-0.2, 0) is 6.42 Å². The lowest BCUT2D eigenvalue weighted by Gasteiger charge is -2.13. The molecule has 4 nitrogen and oxygen atoms in total. The summed E-state index contributed by atoms with van der Waals surface area (Å²) in [4.78, 5) is 8.35. The second kappa shape index (κ2) is 11.9. The quantitative estimate of drug-likeness (QED) is 0.217. The van der Waals surface area contributed by atoms with Crippen LogP contribution < -0.4 is 10.6 Å². The van der Waals surface area contributed by atoms with E-state index in [4.69, 9.17) is 11.6 Å². The van der Waals surface area contributed by atoms with Gasteiger partial charge in [-0.05, 0) is 36.8 Å². The van der Waals surface area contributed by atoms with Gasteiger partial charge in [0.1, 0.15) is 5.15 Å². The topological polar surface area (TPSA) is 49.3 Å². The standard InChI is InChI=1S/C17H27ClN4.HI/c1-19-17(20-11-4-7-14-5-2-3-6-14)21-12-10-15-8-9-16(18)22-13-15;/h8-9,13-14H,2-7,10-12H2,1H3,(H2,19,20,21);1H. The molecule has 1 aliphatic carbocycles. The number of guanidine groups is 1. The van der Waals surface area contributed by atoms with Crippen LogP contribution in [-0.4, -0.2) is 31.1 Å². The largest absolute Gasteiger partial charge is 0.356 e. The van der Waals surface area contributed by atoms with Crippen LogP contribution in [0.3, 0.4) is 0 Å². The van der Waals surface area contributed by atoms with E-state index >= 15 is 0 Å².